The number of rotatable bonds is 12. The molecule has 394 valence electrons. The van der Waals surface area contributed by atoms with Crippen molar-refractivity contribution in [3.05, 3.63) is 71.4 Å². The SMILES string of the molecule is CCc1c(F)ccc2cc(O)cc(-c3ncc4c(N5CC6CCC(C5)N6)nc(OCC5(CN6CCC7(CC6)CC(CN6CCN(c8ccc9c(c8)C(C)(C)C(=O)N9C8CCC(=O)NC8=O)CC6)C7)CC5)nc4c3F)c12. The van der Waals surface area contributed by atoms with Crippen molar-refractivity contribution in [1.82, 2.24) is 35.4 Å². The van der Waals surface area contributed by atoms with Gasteiger partial charge in [0.15, 0.2) is 5.82 Å². The number of fused-ring (bicyclic) bond motifs is 5. The number of hydrogen-bond acceptors (Lipinski definition) is 13. The Kier molecular flexibility index (Phi) is 11.9. The molecule has 8 heterocycles. The normalized spacial score (nSPS) is 25.3. The van der Waals surface area contributed by atoms with Crippen molar-refractivity contribution in [2.24, 2.45) is 16.7 Å². The first kappa shape index (κ1) is 48.6. The largest absolute Gasteiger partial charge is 0.508 e. The van der Waals surface area contributed by atoms with E-state index in [1.807, 2.05) is 26.8 Å². The second-order valence-corrected chi connectivity index (χ2v) is 24.1. The summed E-state index contributed by atoms with van der Waals surface area (Å²) in [5.74, 6) is -0.556. The van der Waals surface area contributed by atoms with E-state index in [1.165, 1.54) is 37.8 Å². The van der Waals surface area contributed by atoms with E-state index in [1.54, 1.807) is 23.2 Å². The van der Waals surface area contributed by atoms with Crippen LogP contribution in [0.3, 0.4) is 0 Å². The van der Waals surface area contributed by atoms with E-state index in [2.05, 4.69) is 47.3 Å². The molecule has 7 fully saturated rings. The van der Waals surface area contributed by atoms with Gasteiger partial charge in [-0.25, -0.2) is 8.78 Å². The fraction of sp³-hybridized carbons (Fsp3) is 0.552. The zero-order valence-corrected chi connectivity index (χ0v) is 43.4. The third-order valence-electron chi connectivity index (χ3n) is 18.7. The molecule has 2 saturated carbocycles. The van der Waals surface area contributed by atoms with Crippen molar-refractivity contribution in [2.75, 3.05) is 86.8 Å². The number of anilines is 3. The standard InChI is InChI=1S/C58H68F2N10O5/c1-4-40-44(59)9-5-35-23-39(71)25-41(48(35)40)50-49(60)51-42(28-61-50)52(69-30-36-6-7-37(31-69)62-36)65-55(64-51)75-33-58(13-14-58)32-67-17-15-57(16-18-67)26-34(27-57)29-66-19-21-68(22-20-66)38-8-10-45-43(24-38)56(2,3)54(74)70(45)46-11-12-47(72)63-53(46)73/h5,8-10,23-25,28,34,36-37,46,62,71H,4,6-7,11-22,26-27,29-33H2,1-3H3,(H,63,72,73). The molecule has 1 spiro atoms. The highest BCUT2D eigenvalue weighted by Gasteiger charge is 2.51. The average Bonchev–Trinajstić information content (AvgIpc) is 4.06. The monoisotopic (exact) mass is 1020 g/mol. The average molecular weight is 1020 g/mol. The number of aromatic hydroxyl groups is 1. The molecule has 2 aliphatic carbocycles. The van der Waals surface area contributed by atoms with E-state index in [-0.39, 0.29) is 52.4 Å². The van der Waals surface area contributed by atoms with Crippen LogP contribution >= 0.6 is 0 Å². The highest BCUT2D eigenvalue weighted by atomic mass is 19.1. The fourth-order valence-corrected chi connectivity index (χ4v) is 14.4. The van der Waals surface area contributed by atoms with Crippen molar-refractivity contribution in [1.29, 1.82) is 0 Å². The predicted octanol–water partition coefficient (Wildman–Crippen LogP) is 7.23. The third-order valence-corrected chi connectivity index (χ3v) is 18.7. The van der Waals surface area contributed by atoms with Crippen LogP contribution in [0.4, 0.5) is 26.0 Å². The Balaban J connectivity index is 0.631. The molecule has 3 atom stereocenters. The molecule has 8 aliphatic rings. The minimum absolute atomic E-state index is 0.00128. The van der Waals surface area contributed by atoms with Crippen molar-refractivity contribution in [3.63, 3.8) is 0 Å². The number of aryl methyl sites for hydroxylation is 1. The zero-order valence-electron chi connectivity index (χ0n) is 43.4. The van der Waals surface area contributed by atoms with Crippen LogP contribution < -0.4 is 30.1 Å². The molecule has 2 bridgehead atoms. The fourth-order valence-electron chi connectivity index (χ4n) is 14.4. The summed E-state index contributed by atoms with van der Waals surface area (Å²) < 4.78 is 39.0. The maximum atomic E-state index is 17.2. The first-order chi connectivity index (χ1) is 36.1. The molecule has 17 heteroatoms. The molecule has 3 N–H and O–H groups in total. The summed E-state index contributed by atoms with van der Waals surface area (Å²) >= 11 is 0. The van der Waals surface area contributed by atoms with Crippen LogP contribution in [0.25, 0.3) is 32.9 Å². The number of piperazine rings is 2. The molecule has 5 aromatic rings. The van der Waals surface area contributed by atoms with E-state index < -0.39 is 23.2 Å². The lowest BCUT2D eigenvalue weighted by Gasteiger charge is -2.54. The number of hydrogen-bond donors (Lipinski definition) is 3. The first-order valence-electron chi connectivity index (χ1n) is 27.6. The Hall–Kier alpha value is -6.04. The van der Waals surface area contributed by atoms with E-state index in [4.69, 9.17) is 14.7 Å². The van der Waals surface area contributed by atoms with Crippen LogP contribution in [0.2, 0.25) is 0 Å². The molecule has 15 nitrogen and oxygen atoms in total. The van der Waals surface area contributed by atoms with Gasteiger partial charge in [0.1, 0.15) is 34.6 Å². The number of carbonyl (C=O) groups is 3. The third kappa shape index (κ3) is 8.64. The number of ether oxygens (including phenoxy) is 1. The van der Waals surface area contributed by atoms with Crippen LogP contribution in [-0.4, -0.2) is 138 Å². The number of benzene rings is 3. The van der Waals surface area contributed by atoms with Crippen molar-refractivity contribution < 1.29 is 33.0 Å². The number of carbonyl (C=O) groups excluding carboxylic acids is 3. The maximum absolute atomic E-state index is 17.2. The molecule has 2 aromatic heterocycles. The Morgan fingerprint density at radius 1 is 0.853 bits per heavy atom. The summed E-state index contributed by atoms with van der Waals surface area (Å²) in [6.45, 7) is 15.7. The number of piperidine rings is 2. The number of nitrogens with zero attached hydrogens (tertiary/aromatic N) is 8. The van der Waals surface area contributed by atoms with Crippen molar-refractivity contribution in [3.8, 4) is 23.0 Å². The molecule has 0 radical (unpaired) electrons. The van der Waals surface area contributed by atoms with Crippen LogP contribution in [0, 0.1) is 28.4 Å². The summed E-state index contributed by atoms with van der Waals surface area (Å²) in [5.41, 5.74) is 3.33. The van der Waals surface area contributed by atoms with Gasteiger partial charge in [0.05, 0.1) is 17.4 Å². The zero-order chi connectivity index (χ0) is 51.5. The van der Waals surface area contributed by atoms with E-state index in [0.717, 1.165) is 108 Å². The summed E-state index contributed by atoms with van der Waals surface area (Å²) in [5, 5.41) is 18.5. The van der Waals surface area contributed by atoms with Crippen LogP contribution in [0.5, 0.6) is 11.8 Å². The number of imide groups is 1. The number of pyridine rings is 1. The van der Waals surface area contributed by atoms with Crippen LogP contribution in [0.1, 0.15) is 96.1 Å². The second kappa shape index (κ2) is 18.3. The van der Waals surface area contributed by atoms with Gasteiger partial charge >= 0.3 is 6.01 Å². The molecular formula is C58H68F2N10O5. The molecule has 3 aromatic carbocycles. The lowest BCUT2D eigenvalue weighted by atomic mass is 9.57. The molecule has 13 rings (SSSR count). The highest BCUT2D eigenvalue weighted by molar-refractivity contribution is 6.14. The van der Waals surface area contributed by atoms with Gasteiger partial charge in [-0.2, -0.15) is 9.97 Å². The number of aromatic nitrogens is 3. The van der Waals surface area contributed by atoms with Gasteiger partial charge in [0.25, 0.3) is 0 Å². The number of likely N-dealkylation sites (tertiary alicyclic amines) is 1. The van der Waals surface area contributed by atoms with E-state index in [0.29, 0.717) is 76.0 Å². The van der Waals surface area contributed by atoms with Gasteiger partial charge in [-0.15, -0.1) is 0 Å². The van der Waals surface area contributed by atoms with Gasteiger partial charge in [0, 0.05) is 99.4 Å². The predicted molar refractivity (Wildman–Crippen MR) is 283 cm³/mol. The Morgan fingerprint density at radius 2 is 1.61 bits per heavy atom. The number of phenolic OH excluding ortho intramolecular Hbond substituents is 1. The minimum Gasteiger partial charge on any atom is -0.508 e. The molecule has 5 saturated heterocycles. The molecule has 3 unspecified atom stereocenters. The van der Waals surface area contributed by atoms with Gasteiger partial charge in [0.2, 0.25) is 17.7 Å². The highest BCUT2D eigenvalue weighted by Crippen LogP contribution is 2.54. The summed E-state index contributed by atoms with van der Waals surface area (Å²) in [7, 11) is 0. The van der Waals surface area contributed by atoms with E-state index in [9.17, 15) is 19.5 Å². The number of amides is 3. The number of halogens is 2. The minimum atomic E-state index is -0.769. The van der Waals surface area contributed by atoms with Crippen molar-refractivity contribution >= 4 is 56.6 Å². The van der Waals surface area contributed by atoms with Crippen molar-refractivity contribution in [2.45, 2.75) is 115 Å². The smallest absolute Gasteiger partial charge is 0.319 e. The molecule has 6 aliphatic heterocycles. The number of phenols is 1. The summed E-state index contributed by atoms with van der Waals surface area (Å²) in [6.07, 6.45) is 11.8. The van der Waals surface area contributed by atoms with Gasteiger partial charge in [-0.05, 0) is 161 Å². The van der Waals surface area contributed by atoms with Crippen LogP contribution in [0.15, 0.2) is 48.7 Å². The second-order valence-electron chi connectivity index (χ2n) is 24.1. The van der Waals surface area contributed by atoms with Gasteiger partial charge in [-0.3, -0.25) is 34.5 Å². The quantitative estimate of drug-likeness (QED) is 0.108. The summed E-state index contributed by atoms with van der Waals surface area (Å²) in [4.78, 5) is 64.4. The molecular weight excluding hydrogens is 955 g/mol. The Morgan fingerprint density at radius 3 is 2.33 bits per heavy atom. The topological polar surface area (TPSA) is 160 Å². The lowest BCUT2D eigenvalue weighted by Crippen LogP contribution is -2.55. The Labute approximate surface area is 436 Å². The van der Waals surface area contributed by atoms with Gasteiger partial charge < -0.3 is 29.9 Å². The van der Waals surface area contributed by atoms with Crippen LogP contribution in [-0.2, 0) is 26.2 Å². The molecule has 75 heavy (non-hydrogen) atoms. The molecule has 3 amide bonds. The van der Waals surface area contributed by atoms with Gasteiger partial charge in [-0.1, -0.05) is 13.0 Å². The number of nitrogens with one attached hydrogen (secondary N) is 2. The summed E-state index contributed by atoms with van der Waals surface area (Å²) in [6, 6.07) is 12.4. The lowest BCUT2D eigenvalue weighted by molar-refractivity contribution is -0.136. The first-order valence-corrected chi connectivity index (χ1v) is 27.6. The maximum Gasteiger partial charge on any atom is 0.319 e. The Bertz CT molecular complexity index is 3130. The van der Waals surface area contributed by atoms with E-state index >= 15 is 8.78 Å².